The Balaban J connectivity index is 1.62. The van der Waals surface area contributed by atoms with Gasteiger partial charge in [-0.2, -0.15) is 0 Å². The normalized spacial score (nSPS) is 12.4. The van der Waals surface area contributed by atoms with Crippen LogP contribution in [-0.4, -0.2) is 17.8 Å². The maximum absolute atomic E-state index is 12.3. The average molecular weight is 391 g/mol. The minimum absolute atomic E-state index is 0.0514. The molecule has 150 valence electrons. The lowest BCUT2D eigenvalue weighted by Gasteiger charge is -2.11. The molecule has 1 heterocycles. The van der Waals surface area contributed by atoms with E-state index in [9.17, 15) is 14.4 Å². The molecule has 0 atom stereocenters. The van der Waals surface area contributed by atoms with E-state index >= 15 is 0 Å². The molecule has 0 aliphatic carbocycles. The zero-order chi connectivity index (χ0) is 20.8. The smallest absolute Gasteiger partial charge is 0.310 e. The molecule has 29 heavy (non-hydrogen) atoms. The summed E-state index contributed by atoms with van der Waals surface area (Å²) in [5.41, 5.74) is 4.60. The zero-order valence-electron chi connectivity index (χ0n) is 16.6. The number of amides is 2. The highest BCUT2D eigenvalue weighted by Crippen LogP contribution is 2.21. The van der Waals surface area contributed by atoms with Crippen molar-refractivity contribution in [2.24, 2.45) is 0 Å². The van der Waals surface area contributed by atoms with Crippen LogP contribution in [0.1, 0.15) is 62.7 Å². The van der Waals surface area contributed by atoms with E-state index in [1.807, 2.05) is 12.1 Å². The topological polar surface area (TPSA) is 72.5 Å². The van der Waals surface area contributed by atoms with Crippen LogP contribution in [0.15, 0.2) is 49.1 Å². The number of hydrogen-bond acceptors (Lipinski definition) is 4. The summed E-state index contributed by atoms with van der Waals surface area (Å²) < 4.78 is 5.42. The molecule has 5 heteroatoms. The number of carbonyl (C=O) groups excluding carboxylic acids is 3. The number of esters is 1. The van der Waals surface area contributed by atoms with Crippen molar-refractivity contribution in [2.45, 2.75) is 45.6 Å². The molecule has 0 spiro atoms. The molecule has 3 rings (SSSR count). The Hall–Kier alpha value is -3.21. The fourth-order valence-corrected chi connectivity index (χ4v) is 3.59. The standard InChI is InChI=1S/C24H25NO4/c1-3-5-6-8-18-12-11-16(13-17(18)4-2)15-29-21(26)14-19-9-7-10-20-22(19)24(28)25-23(20)27/h3,7,9-13H,1,4-6,8,14-15H2,2H3,(H,25,27,28). The van der Waals surface area contributed by atoms with Crippen LogP contribution in [0.4, 0.5) is 0 Å². The predicted octanol–water partition coefficient (Wildman–Crippen LogP) is 3.93. The highest BCUT2D eigenvalue weighted by atomic mass is 16.5. The largest absolute Gasteiger partial charge is 0.461 e. The summed E-state index contributed by atoms with van der Waals surface area (Å²) >= 11 is 0. The summed E-state index contributed by atoms with van der Waals surface area (Å²) in [6, 6.07) is 11.1. The van der Waals surface area contributed by atoms with Gasteiger partial charge in [0.1, 0.15) is 6.61 Å². The number of nitrogens with one attached hydrogen (secondary N) is 1. The summed E-state index contributed by atoms with van der Waals surface area (Å²) in [6.07, 6.45) is 5.88. The number of imide groups is 1. The van der Waals surface area contributed by atoms with Crippen LogP contribution in [0, 0.1) is 0 Å². The highest BCUT2D eigenvalue weighted by molar-refractivity contribution is 6.22. The lowest BCUT2D eigenvalue weighted by molar-refractivity contribution is -0.144. The van der Waals surface area contributed by atoms with Gasteiger partial charge < -0.3 is 4.74 Å². The van der Waals surface area contributed by atoms with Crippen LogP contribution < -0.4 is 5.32 Å². The van der Waals surface area contributed by atoms with Gasteiger partial charge in [0.05, 0.1) is 17.5 Å². The van der Waals surface area contributed by atoms with Crippen LogP contribution in [-0.2, 0) is 35.4 Å². The third-order valence-electron chi connectivity index (χ3n) is 5.09. The second-order valence-electron chi connectivity index (χ2n) is 7.10. The second kappa shape index (κ2) is 9.32. The summed E-state index contributed by atoms with van der Waals surface area (Å²) in [4.78, 5) is 36.0. The number of carbonyl (C=O) groups is 3. The van der Waals surface area contributed by atoms with Gasteiger partial charge in [0, 0.05) is 0 Å². The van der Waals surface area contributed by atoms with E-state index in [-0.39, 0.29) is 18.6 Å². The lowest BCUT2D eigenvalue weighted by atomic mass is 9.98. The minimum atomic E-state index is -0.465. The molecule has 1 aliphatic rings. The molecule has 1 aliphatic heterocycles. The first-order chi connectivity index (χ1) is 14.0. The van der Waals surface area contributed by atoms with Gasteiger partial charge in [-0.15, -0.1) is 6.58 Å². The molecule has 2 aromatic rings. The van der Waals surface area contributed by atoms with Gasteiger partial charge in [0.2, 0.25) is 0 Å². The van der Waals surface area contributed by atoms with Gasteiger partial charge >= 0.3 is 5.97 Å². The van der Waals surface area contributed by atoms with Crippen molar-refractivity contribution >= 4 is 17.8 Å². The van der Waals surface area contributed by atoms with Crippen molar-refractivity contribution in [1.29, 1.82) is 0 Å². The predicted molar refractivity (Wildman–Crippen MR) is 111 cm³/mol. The fourth-order valence-electron chi connectivity index (χ4n) is 3.59. The minimum Gasteiger partial charge on any atom is -0.461 e. The van der Waals surface area contributed by atoms with Crippen molar-refractivity contribution in [3.05, 3.63) is 82.4 Å². The number of allylic oxidation sites excluding steroid dienone is 1. The lowest BCUT2D eigenvalue weighted by Crippen LogP contribution is -2.20. The monoisotopic (exact) mass is 391 g/mol. The molecule has 0 radical (unpaired) electrons. The molecule has 2 amide bonds. The third kappa shape index (κ3) is 4.80. The molecular formula is C24H25NO4. The number of hydrogen-bond donors (Lipinski definition) is 1. The Kier molecular flexibility index (Phi) is 6.60. The first-order valence-corrected chi connectivity index (χ1v) is 9.88. The van der Waals surface area contributed by atoms with E-state index in [2.05, 4.69) is 31.0 Å². The van der Waals surface area contributed by atoms with E-state index in [4.69, 9.17) is 4.74 Å². The van der Waals surface area contributed by atoms with Crippen molar-refractivity contribution in [2.75, 3.05) is 0 Å². The number of rotatable bonds is 9. The summed E-state index contributed by atoms with van der Waals surface area (Å²) in [5, 5.41) is 2.25. The number of fused-ring (bicyclic) bond motifs is 1. The second-order valence-corrected chi connectivity index (χ2v) is 7.10. The number of ether oxygens (including phenoxy) is 1. The Morgan fingerprint density at radius 1 is 1.10 bits per heavy atom. The van der Waals surface area contributed by atoms with E-state index < -0.39 is 17.8 Å². The Labute approximate surface area is 170 Å². The Morgan fingerprint density at radius 2 is 1.93 bits per heavy atom. The molecule has 0 unspecified atom stereocenters. The van der Waals surface area contributed by atoms with E-state index in [1.54, 1.807) is 18.2 Å². The van der Waals surface area contributed by atoms with Gasteiger partial charge in [-0.1, -0.05) is 43.3 Å². The quantitative estimate of drug-likeness (QED) is 0.304. The van der Waals surface area contributed by atoms with Crippen molar-refractivity contribution < 1.29 is 19.1 Å². The summed E-state index contributed by atoms with van der Waals surface area (Å²) in [6.45, 7) is 6.05. The summed E-state index contributed by atoms with van der Waals surface area (Å²) in [7, 11) is 0. The third-order valence-corrected chi connectivity index (χ3v) is 5.09. The molecule has 5 nitrogen and oxygen atoms in total. The first-order valence-electron chi connectivity index (χ1n) is 9.88. The molecule has 1 N–H and O–H groups in total. The summed E-state index contributed by atoms with van der Waals surface area (Å²) in [5.74, 6) is -1.33. The van der Waals surface area contributed by atoms with Gasteiger partial charge in [-0.25, -0.2) is 0 Å². The highest BCUT2D eigenvalue weighted by Gasteiger charge is 2.29. The molecule has 0 saturated heterocycles. The van der Waals surface area contributed by atoms with Gasteiger partial charge in [0.25, 0.3) is 11.8 Å². The van der Waals surface area contributed by atoms with Crippen molar-refractivity contribution in [3.8, 4) is 0 Å². The van der Waals surface area contributed by atoms with Crippen molar-refractivity contribution in [1.82, 2.24) is 5.32 Å². The molecule has 0 aromatic heterocycles. The number of aryl methyl sites for hydroxylation is 2. The van der Waals surface area contributed by atoms with E-state index in [0.717, 1.165) is 31.2 Å². The Morgan fingerprint density at radius 3 is 2.69 bits per heavy atom. The van der Waals surface area contributed by atoms with Crippen LogP contribution >= 0.6 is 0 Å². The van der Waals surface area contributed by atoms with Crippen LogP contribution in [0.5, 0.6) is 0 Å². The van der Waals surface area contributed by atoms with Gasteiger partial charge in [0.15, 0.2) is 0 Å². The molecular weight excluding hydrogens is 366 g/mol. The number of unbranched alkanes of at least 4 members (excludes halogenated alkanes) is 1. The van der Waals surface area contributed by atoms with Crippen LogP contribution in [0.2, 0.25) is 0 Å². The van der Waals surface area contributed by atoms with E-state index in [0.29, 0.717) is 11.1 Å². The van der Waals surface area contributed by atoms with Gasteiger partial charge in [-0.05, 0) is 54.0 Å². The average Bonchev–Trinajstić information content (AvgIpc) is 3.02. The maximum Gasteiger partial charge on any atom is 0.310 e. The van der Waals surface area contributed by atoms with E-state index in [1.165, 1.54) is 11.1 Å². The molecule has 0 saturated carbocycles. The first kappa shape index (κ1) is 20.5. The van der Waals surface area contributed by atoms with Crippen LogP contribution in [0.3, 0.4) is 0 Å². The fraction of sp³-hybridized carbons (Fsp3) is 0.292. The molecule has 0 fully saturated rings. The molecule has 2 aromatic carbocycles. The van der Waals surface area contributed by atoms with Crippen LogP contribution in [0.25, 0.3) is 0 Å². The Bertz CT molecular complexity index is 961. The SMILES string of the molecule is C=CCCCc1ccc(COC(=O)Cc2cccc3c2C(=O)NC3=O)cc1CC. The zero-order valence-corrected chi connectivity index (χ0v) is 16.6. The van der Waals surface area contributed by atoms with Crippen molar-refractivity contribution in [3.63, 3.8) is 0 Å². The molecule has 0 bridgehead atoms. The van der Waals surface area contributed by atoms with Gasteiger partial charge in [-0.3, -0.25) is 19.7 Å². The number of benzene rings is 2. The maximum atomic E-state index is 12.3.